The largest absolute Gasteiger partial charge is 0.491 e. The molecule has 1 aliphatic rings. The third kappa shape index (κ3) is 36.2. The van der Waals surface area contributed by atoms with Crippen LogP contribution in [-0.2, 0) is 115 Å². The molecule has 1 unspecified atom stereocenters. The van der Waals surface area contributed by atoms with E-state index in [2.05, 4.69) is 26.6 Å². The number of aliphatic carboxylic acids is 1. The molecular formula is C85H122N8O21. The van der Waals surface area contributed by atoms with Gasteiger partial charge in [-0.15, -0.1) is 0 Å². The van der Waals surface area contributed by atoms with E-state index >= 15 is 0 Å². The standard InChI is InChI=1S/C42H58N4O10.C41H58N4O11.C2H6/c1-26(2)32(24-36(48)34(46-37(49)21-27(3)39(46)51)22-28-14-16-31(17-15-28)55-20-19-54-7)38(50)45-33(9-8-18-44-41(43)53)35(47)23-29-10-12-30(13-11-29)25-56-40(52)42(4,5)6;1-26(2)31(24-35(47)33(44-36(48)17-18-37(49)50)22-27-13-15-30(16-14-27)55-21-20-54-6)38(51)45-32(8-7-19-43-40(42)53)34(46)23-28-9-11-29(12-10-28)25-56-39(52)41(3,4)5;1-2/h10-17,26-27,32-34H,8-9,18-25H2,1-7H3,(H,45,50)(H3,43,44,53);9-16,26,31-33H,7-8,17-25H2,1-6H3,(H,44,48)(H,45,51)(H,49,50)(H3,42,43,53);1-2H3/t27?,32-,33-,34-;31-,32-,33-;/m00./s1. The minimum Gasteiger partial charge on any atom is -0.491 e. The van der Waals surface area contributed by atoms with E-state index in [4.69, 9.17) is 45.0 Å². The maximum absolute atomic E-state index is 14.2. The summed E-state index contributed by atoms with van der Waals surface area (Å²) in [7, 11) is 3.13. The number of likely N-dealkylation sites (tertiary alicyclic amines) is 1. The fourth-order valence-electron chi connectivity index (χ4n) is 11.7. The molecule has 29 heteroatoms. The Morgan fingerprint density at radius 3 is 1.23 bits per heavy atom. The highest BCUT2D eigenvalue weighted by Gasteiger charge is 2.44. The second-order valence-corrected chi connectivity index (χ2v) is 30.7. The zero-order valence-electron chi connectivity index (χ0n) is 69.0. The molecule has 5 rings (SSSR count). The molecule has 10 N–H and O–H groups in total. The Balaban J connectivity index is 0.000000578. The first kappa shape index (κ1) is 97.8. The van der Waals surface area contributed by atoms with E-state index in [0.717, 1.165) is 16.0 Å². The van der Waals surface area contributed by atoms with Crippen LogP contribution < -0.4 is 47.5 Å². The minimum absolute atomic E-state index is 0.00916. The molecule has 29 nitrogen and oxygen atoms in total. The minimum atomic E-state index is -1.16. The molecular weight excluding hydrogens is 1470 g/mol. The van der Waals surface area contributed by atoms with Crippen molar-refractivity contribution in [3.05, 3.63) is 130 Å². The number of imide groups is 1. The fourth-order valence-corrected chi connectivity index (χ4v) is 11.7. The molecule has 628 valence electrons. The van der Waals surface area contributed by atoms with Crippen LogP contribution in [0.25, 0.3) is 0 Å². The SMILES string of the molecule is CC.COCCOc1ccc(C[C@@H](C(=O)C[C@H](C(=O)N[C@@H](CCCNC(N)=O)C(=O)Cc2ccc(COC(=O)C(C)(C)C)cc2)C(C)C)N2C(=O)CC(C)C2=O)cc1.COCCOc1ccc(C[C@H](NC(=O)CCC(=O)O)C(=O)C[C@H](C(=O)N[C@@H](CCCNC(N)=O)C(=O)Cc2ccc(COC(=O)C(C)(C)C)cc2)C(C)C)cc1. The summed E-state index contributed by atoms with van der Waals surface area (Å²) in [6.45, 7) is 25.4. The van der Waals surface area contributed by atoms with Crippen LogP contribution in [0.15, 0.2) is 97.1 Å². The number of hydrogen-bond donors (Lipinski definition) is 8. The molecule has 7 atom stereocenters. The summed E-state index contributed by atoms with van der Waals surface area (Å²) in [6, 6.07) is 22.4. The van der Waals surface area contributed by atoms with Crippen LogP contribution in [0.3, 0.4) is 0 Å². The van der Waals surface area contributed by atoms with Gasteiger partial charge in [0.25, 0.3) is 0 Å². The van der Waals surface area contributed by atoms with E-state index in [1.165, 1.54) is 0 Å². The molecule has 1 fully saturated rings. The highest BCUT2D eigenvalue weighted by molar-refractivity contribution is 6.07. The van der Waals surface area contributed by atoms with Gasteiger partial charge in [-0.25, -0.2) is 9.59 Å². The van der Waals surface area contributed by atoms with Crippen LogP contribution in [0.5, 0.6) is 11.5 Å². The molecule has 4 aromatic rings. The van der Waals surface area contributed by atoms with Gasteiger partial charge in [0.15, 0.2) is 23.1 Å². The molecule has 0 spiro atoms. The third-order valence-corrected chi connectivity index (χ3v) is 18.4. The number of carbonyl (C=O) groups excluding carboxylic acids is 13. The number of urea groups is 2. The number of rotatable bonds is 47. The Morgan fingerprint density at radius 2 is 0.877 bits per heavy atom. The number of hydrogen-bond acceptors (Lipinski definition) is 20. The topological polar surface area (TPSA) is 430 Å². The lowest BCUT2D eigenvalue weighted by molar-refractivity contribution is -0.155. The fraction of sp³-hybridized carbons (Fsp3) is 0.553. The summed E-state index contributed by atoms with van der Waals surface area (Å²) >= 11 is 0. The van der Waals surface area contributed by atoms with Gasteiger partial charge in [-0.2, -0.15) is 0 Å². The van der Waals surface area contributed by atoms with Gasteiger partial charge in [0.05, 0.1) is 48.6 Å². The number of carboxylic acid groups (broad SMARTS) is 1. The zero-order chi connectivity index (χ0) is 85.4. The van der Waals surface area contributed by atoms with Gasteiger partial charge in [-0.05, 0) is 143 Å². The van der Waals surface area contributed by atoms with Crippen molar-refractivity contribution in [3.8, 4) is 11.5 Å². The molecule has 0 bridgehead atoms. The number of nitrogens with one attached hydrogen (secondary N) is 5. The third-order valence-electron chi connectivity index (χ3n) is 18.4. The van der Waals surface area contributed by atoms with Gasteiger partial charge in [0.1, 0.15) is 44.0 Å². The molecule has 0 aromatic heterocycles. The van der Waals surface area contributed by atoms with E-state index in [1.54, 1.807) is 187 Å². The Morgan fingerprint density at radius 1 is 0.500 bits per heavy atom. The van der Waals surface area contributed by atoms with Gasteiger partial charge in [-0.1, -0.05) is 121 Å². The number of carbonyl (C=O) groups is 14. The number of esters is 2. The van der Waals surface area contributed by atoms with Crippen molar-refractivity contribution >= 4 is 82.6 Å². The smallest absolute Gasteiger partial charge is 0.312 e. The normalized spacial score (nSPS) is 14.2. The number of nitrogens with zero attached hydrogens (tertiary/aromatic N) is 1. The lowest BCUT2D eigenvalue weighted by Crippen LogP contribution is -2.49. The Hall–Kier alpha value is -10.4. The summed E-state index contributed by atoms with van der Waals surface area (Å²) in [5.74, 6) is -7.71. The number of Topliss-reactive ketones (excluding diaryl/α,β-unsaturated/α-hetero) is 4. The van der Waals surface area contributed by atoms with Crippen molar-refractivity contribution in [1.29, 1.82) is 0 Å². The van der Waals surface area contributed by atoms with Crippen LogP contribution >= 0.6 is 0 Å². The van der Waals surface area contributed by atoms with Gasteiger partial charge in [0, 0.05) is 90.0 Å². The molecule has 4 aromatic carbocycles. The van der Waals surface area contributed by atoms with Crippen molar-refractivity contribution in [3.63, 3.8) is 0 Å². The molecule has 1 aliphatic heterocycles. The first-order valence-corrected chi connectivity index (χ1v) is 38.9. The van der Waals surface area contributed by atoms with Crippen LogP contribution in [0.4, 0.5) is 9.59 Å². The van der Waals surface area contributed by atoms with Gasteiger partial charge < -0.3 is 71.6 Å². The maximum Gasteiger partial charge on any atom is 0.312 e. The molecule has 114 heavy (non-hydrogen) atoms. The Labute approximate surface area is 670 Å². The maximum atomic E-state index is 14.2. The summed E-state index contributed by atoms with van der Waals surface area (Å²) in [5.41, 5.74) is 13.4. The zero-order valence-corrected chi connectivity index (χ0v) is 69.0. The number of ketones is 4. The number of methoxy groups -OCH3 is 2. The highest BCUT2D eigenvalue weighted by atomic mass is 16.5. The van der Waals surface area contributed by atoms with Crippen molar-refractivity contribution in [1.82, 2.24) is 31.5 Å². The number of benzene rings is 4. The van der Waals surface area contributed by atoms with Crippen LogP contribution in [0.1, 0.15) is 181 Å². The first-order valence-electron chi connectivity index (χ1n) is 38.9. The summed E-state index contributed by atoms with van der Waals surface area (Å²) in [6.07, 6.45) is -0.189. The Bertz CT molecular complexity index is 3790. The number of nitrogens with two attached hydrogens (primary N) is 2. The predicted molar refractivity (Wildman–Crippen MR) is 427 cm³/mol. The van der Waals surface area contributed by atoms with Crippen LogP contribution in [-0.4, -0.2) is 171 Å². The van der Waals surface area contributed by atoms with Crippen molar-refractivity contribution in [2.75, 3.05) is 53.7 Å². The van der Waals surface area contributed by atoms with Crippen LogP contribution in [0, 0.1) is 40.4 Å². The summed E-state index contributed by atoms with van der Waals surface area (Å²) in [4.78, 5) is 181. The number of amides is 9. The van der Waals surface area contributed by atoms with E-state index in [1.807, 2.05) is 13.8 Å². The molecule has 0 aliphatic carbocycles. The average molecular weight is 1590 g/mol. The Kier molecular flexibility index (Phi) is 42.8. The second-order valence-electron chi connectivity index (χ2n) is 30.7. The van der Waals surface area contributed by atoms with Gasteiger partial charge in [0.2, 0.25) is 29.5 Å². The molecule has 1 heterocycles. The van der Waals surface area contributed by atoms with E-state index in [9.17, 15) is 67.1 Å². The van der Waals surface area contributed by atoms with Gasteiger partial charge in [-0.3, -0.25) is 62.4 Å². The molecule has 9 amide bonds. The molecule has 1 saturated heterocycles. The van der Waals surface area contributed by atoms with Gasteiger partial charge >= 0.3 is 30.0 Å². The lowest BCUT2D eigenvalue weighted by Gasteiger charge is -2.29. The van der Waals surface area contributed by atoms with Crippen molar-refractivity contribution in [2.45, 2.75) is 211 Å². The average Bonchev–Trinajstić information content (AvgIpc) is 1.64. The van der Waals surface area contributed by atoms with Crippen molar-refractivity contribution in [2.24, 2.45) is 51.9 Å². The molecule has 0 radical (unpaired) electrons. The van der Waals surface area contributed by atoms with E-state index in [0.29, 0.717) is 73.0 Å². The molecule has 0 saturated carbocycles. The second kappa shape index (κ2) is 49.9. The summed E-state index contributed by atoms with van der Waals surface area (Å²) in [5, 5.41) is 22.4. The predicted octanol–water partition coefficient (Wildman–Crippen LogP) is 8.78. The van der Waals surface area contributed by atoms with E-state index in [-0.39, 0.29) is 126 Å². The first-order chi connectivity index (χ1) is 53.8. The lowest BCUT2D eigenvalue weighted by atomic mass is 9.86. The number of primary amides is 2. The van der Waals surface area contributed by atoms with Crippen LogP contribution in [0.2, 0.25) is 0 Å². The highest BCUT2D eigenvalue weighted by Crippen LogP contribution is 2.29. The number of ether oxygens (including phenoxy) is 6. The van der Waals surface area contributed by atoms with Crippen molar-refractivity contribution < 1.29 is 101 Å². The summed E-state index contributed by atoms with van der Waals surface area (Å²) < 4.78 is 32.0. The van der Waals surface area contributed by atoms with E-state index < -0.39 is 118 Å². The monoisotopic (exact) mass is 1590 g/mol. The quantitative estimate of drug-likeness (QED) is 0.0116. The number of carboxylic acids is 1.